The lowest BCUT2D eigenvalue weighted by Crippen LogP contribution is -2.39. The van der Waals surface area contributed by atoms with Gasteiger partial charge < -0.3 is 16.2 Å². The number of rotatable bonds is 7. The van der Waals surface area contributed by atoms with Crippen LogP contribution in [-0.2, 0) is 6.61 Å². The average Bonchev–Trinajstić information content (AvgIpc) is 2.73. The monoisotopic (exact) mass is 388 g/mol. The van der Waals surface area contributed by atoms with Crippen molar-refractivity contribution in [2.75, 3.05) is 0 Å². The third-order valence-electron chi connectivity index (χ3n) is 4.38. The van der Waals surface area contributed by atoms with Gasteiger partial charge >= 0.3 is 0 Å². The van der Waals surface area contributed by atoms with Crippen molar-refractivity contribution in [1.82, 2.24) is 0 Å². The zero-order valence-electron chi connectivity index (χ0n) is 15.9. The van der Waals surface area contributed by atoms with Gasteiger partial charge in [-0.2, -0.15) is 0 Å². The van der Waals surface area contributed by atoms with E-state index in [0.29, 0.717) is 18.0 Å². The van der Waals surface area contributed by atoms with Crippen LogP contribution in [-0.4, -0.2) is 5.71 Å². The van der Waals surface area contributed by atoms with Gasteiger partial charge in [0.05, 0.1) is 5.70 Å². The number of benzene rings is 3. The van der Waals surface area contributed by atoms with Crippen molar-refractivity contribution in [2.45, 2.75) is 6.61 Å². The van der Waals surface area contributed by atoms with E-state index < -0.39 is 0 Å². The average molecular weight is 388 g/mol. The third-order valence-corrected chi connectivity index (χ3v) is 4.38. The third kappa shape index (κ3) is 5.11. The van der Waals surface area contributed by atoms with Crippen molar-refractivity contribution in [3.8, 4) is 16.9 Å². The van der Waals surface area contributed by atoms with Gasteiger partial charge in [0.25, 0.3) is 0 Å². The summed E-state index contributed by atoms with van der Waals surface area (Å²) in [6, 6.07) is 21.7. The van der Waals surface area contributed by atoms with E-state index in [2.05, 4.69) is 6.58 Å². The zero-order valence-corrected chi connectivity index (χ0v) is 15.9. The minimum Gasteiger partial charge on any atom is -0.488 e. The molecule has 4 nitrogen and oxygen atoms in total. The topological polar surface area (TPSA) is 86.9 Å². The lowest BCUT2D eigenvalue weighted by molar-refractivity contribution is -0.111. The van der Waals surface area contributed by atoms with E-state index in [1.165, 1.54) is 12.1 Å². The van der Waals surface area contributed by atoms with Gasteiger partial charge in [0.15, 0.2) is 0 Å². The summed E-state index contributed by atoms with van der Waals surface area (Å²) in [6.07, 6.45) is 1.60. The maximum absolute atomic E-state index is 13.1. The van der Waals surface area contributed by atoms with Crippen LogP contribution >= 0.6 is 0 Å². The Morgan fingerprint density at radius 2 is 1.72 bits per heavy atom. The van der Waals surface area contributed by atoms with Crippen LogP contribution in [0.15, 0.2) is 96.8 Å². The predicted molar refractivity (Wildman–Crippen MR) is 114 cm³/mol. The smallest absolute Gasteiger partial charge is 0.206 e. The van der Waals surface area contributed by atoms with Crippen molar-refractivity contribution in [3.63, 3.8) is 0 Å². The second kappa shape index (κ2) is 8.89. The number of hydrogen-bond donors (Lipinski definition) is 3. The summed E-state index contributed by atoms with van der Waals surface area (Å²) in [5.41, 5.74) is 16.1. The number of allylic oxidation sites excluding steroid dienone is 1. The Kier molecular flexibility index (Phi) is 6.09. The summed E-state index contributed by atoms with van der Waals surface area (Å²) >= 11 is 0. The van der Waals surface area contributed by atoms with Gasteiger partial charge in [0.1, 0.15) is 18.2 Å². The first-order chi connectivity index (χ1) is 13.9. The summed E-state index contributed by atoms with van der Waals surface area (Å²) in [4.78, 5) is 0. The molecule has 3 rings (SSSR count). The van der Waals surface area contributed by atoms with Gasteiger partial charge in [-0.25, -0.2) is 4.39 Å². The minimum absolute atomic E-state index is 0.267. The Balaban J connectivity index is 1.86. The van der Waals surface area contributed by atoms with Gasteiger partial charge in [-0.3, -0.25) is 5.41 Å². The number of hydrogen-bond acceptors (Lipinski definition) is 3. The second-order valence-corrected chi connectivity index (χ2v) is 6.57. The quantitative estimate of drug-likeness (QED) is 0.430. The Morgan fingerprint density at radius 3 is 2.45 bits per heavy atom. The molecule has 0 atom stereocenters. The Bertz CT molecular complexity index is 1070. The largest absolute Gasteiger partial charge is 0.488 e. The van der Waals surface area contributed by atoms with Crippen LogP contribution in [0.2, 0.25) is 0 Å². The van der Waals surface area contributed by atoms with E-state index in [4.69, 9.17) is 21.6 Å². The second-order valence-electron chi connectivity index (χ2n) is 6.57. The molecular formula is C24H23FN3O+. The molecule has 0 fully saturated rings. The molecule has 0 spiro atoms. The minimum atomic E-state index is -0.271. The maximum Gasteiger partial charge on any atom is 0.206 e. The van der Waals surface area contributed by atoms with Crippen molar-refractivity contribution >= 4 is 5.71 Å². The fourth-order valence-corrected chi connectivity index (χ4v) is 2.78. The summed E-state index contributed by atoms with van der Waals surface area (Å²) in [6.45, 7) is 3.94. The molecule has 0 aromatic heterocycles. The molecule has 6 N–H and O–H groups in total. The molecular weight excluding hydrogens is 365 g/mol. The van der Waals surface area contributed by atoms with E-state index in [0.717, 1.165) is 28.0 Å². The molecule has 0 saturated heterocycles. The van der Waals surface area contributed by atoms with Gasteiger partial charge in [-0.05, 0) is 41.5 Å². The lowest BCUT2D eigenvalue weighted by Gasteiger charge is -2.12. The van der Waals surface area contributed by atoms with Gasteiger partial charge in [-0.15, -0.1) is 0 Å². The summed E-state index contributed by atoms with van der Waals surface area (Å²) in [5, 5.41) is 6.17. The van der Waals surface area contributed by atoms with Crippen LogP contribution < -0.4 is 21.6 Å². The van der Waals surface area contributed by atoms with E-state index in [-0.39, 0.29) is 11.5 Å². The summed E-state index contributed by atoms with van der Waals surface area (Å²) in [5.74, 6) is 0.450. The lowest BCUT2D eigenvalue weighted by atomic mass is 9.99. The molecule has 0 aliphatic heterocycles. The molecule has 0 aliphatic carbocycles. The molecule has 5 heteroatoms. The fourth-order valence-electron chi connectivity index (χ4n) is 2.78. The standard InChI is InChI=1S/C24H22FN3O/c1-16(26)22(27)14-23(28)19-6-4-5-18(13-19)21-7-2-3-8-24(21)29-15-17-9-11-20(25)12-10-17/h2-14,28H,1,15,26-27H2/p+1/b22-14-,28-23?. The van der Waals surface area contributed by atoms with E-state index in [1.54, 1.807) is 18.2 Å². The number of ether oxygens (including phenoxy) is 1. The maximum atomic E-state index is 13.1. The molecule has 29 heavy (non-hydrogen) atoms. The van der Waals surface area contributed by atoms with Crippen molar-refractivity contribution < 1.29 is 14.5 Å². The van der Waals surface area contributed by atoms with E-state index in [1.807, 2.05) is 48.5 Å². The molecule has 3 aromatic rings. The predicted octanol–water partition coefficient (Wildman–Crippen LogP) is 2.93. The van der Waals surface area contributed by atoms with Crippen molar-refractivity contribution in [2.24, 2.45) is 11.5 Å². The molecule has 0 aliphatic rings. The normalized spacial score (nSPS) is 11.1. The molecule has 146 valence electrons. The molecule has 0 unspecified atom stereocenters. The summed E-state index contributed by atoms with van der Waals surface area (Å²) in [7, 11) is 0. The van der Waals surface area contributed by atoms with E-state index in [9.17, 15) is 4.39 Å². The molecule has 3 aromatic carbocycles. The zero-order chi connectivity index (χ0) is 20.8. The van der Waals surface area contributed by atoms with Crippen LogP contribution in [0.3, 0.4) is 0 Å². The van der Waals surface area contributed by atoms with Crippen LogP contribution in [0.5, 0.6) is 5.75 Å². The fraction of sp³-hybridized carbons (Fsp3) is 0.0417. The van der Waals surface area contributed by atoms with Gasteiger partial charge in [0, 0.05) is 22.9 Å². The van der Waals surface area contributed by atoms with E-state index >= 15 is 0 Å². The Labute approximate surface area is 169 Å². The van der Waals surface area contributed by atoms with Crippen LogP contribution in [0.25, 0.3) is 11.1 Å². The molecule has 0 saturated carbocycles. The first kappa shape index (κ1) is 19.9. The van der Waals surface area contributed by atoms with Crippen LogP contribution in [0, 0.1) is 5.82 Å². The highest BCUT2D eigenvalue weighted by Crippen LogP contribution is 2.31. The van der Waals surface area contributed by atoms with Crippen molar-refractivity contribution in [3.05, 3.63) is 114 Å². The van der Waals surface area contributed by atoms with Crippen molar-refractivity contribution in [1.29, 1.82) is 0 Å². The summed E-state index contributed by atoms with van der Waals surface area (Å²) < 4.78 is 19.1. The van der Waals surface area contributed by atoms with Gasteiger partial charge in [0.2, 0.25) is 5.71 Å². The highest BCUT2D eigenvalue weighted by Gasteiger charge is 2.11. The molecule has 0 amide bonds. The first-order valence-electron chi connectivity index (χ1n) is 9.05. The van der Waals surface area contributed by atoms with Crippen LogP contribution in [0.1, 0.15) is 11.1 Å². The molecule has 0 heterocycles. The van der Waals surface area contributed by atoms with Crippen LogP contribution in [0.4, 0.5) is 4.39 Å². The highest BCUT2D eigenvalue weighted by molar-refractivity contribution is 6.05. The Morgan fingerprint density at radius 1 is 1.00 bits per heavy atom. The number of nitrogens with two attached hydrogens (primary N) is 3. The highest BCUT2D eigenvalue weighted by atomic mass is 19.1. The first-order valence-corrected chi connectivity index (χ1v) is 9.05. The number of halogens is 1. The van der Waals surface area contributed by atoms with Gasteiger partial charge in [-0.1, -0.05) is 49.0 Å². The Hall–Kier alpha value is -3.86. The number of para-hydroxylation sites is 1. The molecule has 0 bridgehead atoms. The molecule has 0 radical (unpaired) electrons. The SMILES string of the molecule is C=C(N)/C(N)=C/C(=[NH2+])c1cccc(-c2ccccc2OCc2ccc(F)cc2)c1.